The zero-order valence-corrected chi connectivity index (χ0v) is 20.3. The third kappa shape index (κ3) is 8.57. The van der Waals surface area contributed by atoms with Gasteiger partial charge < -0.3 is 26.8 Å². The van der Waals surface area contributed by atoms with Gasteiger partial charge in [0.25, 0.3) is 11.8 Å². The summed E-state index contributed by atoms with van der Waals surface area (Å²) in [4.78, 5) is 51.9. The van der Waals surface area contributed by atoms with Crippen LogP contribution in [0.2, 0.25) is 10.0 Å². The number of nitriles is 1. The van der Waals surface area contributed by atoms with Crippen molar-refractivity contribution in [1.29, 1.82) is 5.26 Å². The zero-order valence-electron chi connectivity index (χ0n) is 18.8. The van der Waals surface area contributed by atoms with Crippen molar-refractivity contribution in [2.75, 3.05) is 13.1 Å². The van der Waals surface area contributed by atoms with Gasteiger partial charge in [-0.3, -0.25) is 14.4 Å². The monoisotopic (exact) mass is 532 g/mol. The summed E-state index contributed by atoms with van der Waals surface area (Å²) >= 11 is 11.9. The first-order valence-electron chi connectivity index (χ1n) is 10.4. The number of carboxylic acids is 1. The van der Waals surface area contributed by atoms with Gasteiger partial charge in [-0.25, -0.2) is 4.79 Å². The number of nitrogens with one attached hydrogen (secondary N) is 3. The van der Waals surface area contributed by atoms with Gasteiger partial charge in [-0.2, -0.15) is 10.3 Å². The normalized spacial score (nSPS) is 11.6. The molecule has 2 rings (SSSR count). The summed E-state index contributed by atoms with van der Waals surface area (Å²) in [6, 6.07) is 9.52. The predicted octanol–water partition coefficient (Wildman–Crippen LogP) is 1.49. The number of carboxylic acid groups (broad SMARTS) is 1. The van der Waals surface area contributed by atoms with Crippen molar-refractivity contribution < 1.29 is 24.3 Å². The fourth-order valence-electron chi connectivity index (χ4n) is 2.95. The quantitative estimate of drug-likeness (QED) is 0.164. The number of halogens is 2. The molecule has 2 aromatic rings. The topological polar surface area (TPSA) is 187 Å². The van der Waals surface area contributed by atoms with E-state index in [1.807, 2.05) is 0 Å². The van der Waals surface area contributed by atoms with Crippen molar-refractivity contribution in [3.05, 3.63) is 69.2 Å². The van der Waals surface area contributed by atoms with E-state index in [1.165, 1.54) is 18.2 Å². The number of hydrogen-bond donors (Lipinski definition) is 5. The minimum Gasteiger partial charge on any atom is -0.480 e. The van der Waals surface area contributed by atoms with E-state index in [0.717, 1.165) is 5.56 Å². The molecule has 0 bridgehead atoms. The number of carbonyl (C=O) groups is 4. The second kappa shape index (κ2) is 13.7. The van der Waals surface area contributed by atoms with Crippen LogP contribution in [-0.4, -0.2) is 53.8 Å². The molecular weight excluding hydrogens is 511 g/mol. The summed E-state index contributed by atoms with van der Waals surface area (Å²) in [7, 11) is 0. The molecule has 0 radical (unpaired) electrons. The fourth-order valence-corrected chi connectivity index (χ4v) is 3.52. The number of aryl methyl sites for hydroxylation is 1. The molecule has 0 saturated heterocycles. The van der Waals surface area contributed by atoms with E-state index in [4.69, 9.17) is 34.2 Å². The maximum Gasteiger partial charge on any atom is 0.328 e. The number of amidine groups is 1. The van der Waals surface area contributed by atoms with E-state index in [0.29, 0.717) is 18.4 Å². The van der Waals surface area contributed by atoms with Crippen LogP contribution in [0.15, 0.2) is 47.5 Å². The Hall–Kier alpha value is -4.14. The van der Waals surface area contributed by atoms with Gasteiger partial charge in [-0.15, -0.1) is 0 Å². The molecule has 0 aliphatic heterocycles. The maximum absolute atomic E-state index is 12.4. The van der Waals surface area contributed by atoms with Crippen LogP contribution in [0, 0.1) is 11.5 Å². The molecule has 0 heterocycles. The van der Waals surface area contributed by atoms with Crippen molar-refractivity contribution in [3.63, 3.8) is 0 Å². The molecule has 0 aromatic heterocycles. The third-order valence-corrected chi connectivity index (χ3v) is 5.39. The summed E-state index contributed by atoms with van der Waals surface area (Å²) in [6.07, 6.45) is 2.40. The molecule has 0 aliphatic carbocycles. The first kappa shape index (κ1) is 28.1. The fraction of sp³-hybridized carbons (Fsp3) is 0.217. The molecule has 2 aromatic carbocycles. The Bertz CT molecular complexity index is 1210. The number of aliphatic carboxylic acids is 1. The van der Waals surface area contributed by atoms with E-state index >= 15 is 0 Å². The summed E-state index contributed by atoms with van der Waals surface area (Å²) < 4.78 is 0. The van der Waals surface area contributed by atoms with E-state index in [2.05, 4.69) is 20.9 Å². The van der Waals surface area contributed by atoms with Gasteiger partial charge in [-0.05, 0) is 36.2 Å². The van der Waals surface area contributed by atoms with Gasteiger partial charge in [-0.1, -0.05) is 41.4 Å². The molecule has 0 unspecified atom stereocenters. The lowest BCUT2D eigenvalue weighted by molar-refractivity contribution is -0.139. The zero-order chi connectivity index (χ0) is 26.7. The summed E-state index contributed by atoms with van der Waals surface area (Å²) in [6.45, 7) is -0.875. The Balaban J connectivity index is 1.88. The molecule has 13 heteroatoms. The molecule has 1 atom stereocenters. The molecule has 36 heavy (non-hydrogen) atoms. The smallest absolute Gasteiger partial charge is 0.328 e. The van der Waals surface area contributed by atoms with Gasteiger partial charge in [0.2, 0.25) is 12.1 Å². The first-order valence-corrected chi connectivity index (χ1v) is 11.2. The Kier molecular flexibility index (Phi) is 10.7. The van der Waals surface area contributed by atoms with Gasteiger partial charge in [0.1, 0.15) is 11.9 Å². The van der Waals surface area contributed by atoms with Crippen molar-refractivity contribution in [1.82, 2.24) is 16.0 Å². The number of aliphatic imine (C=N–C) groups is 1. The van der Waals surface area contributed by atoms with Crippen molar-refractivity contribution in [2.24, 2.45) is 10.7 Å². The summed E-state index contributed by atoms with van der Waals surface area (Å²) in [5.41, 5.74) is 6.57. The molecule has 0 aliphatic rings. The average Bonchev–Trinajstić information content (AvgIpc) is 2.83. The van der Waals surface area contributed by atoms with Crippen molar-refractivity contribution >= 4 is 52.7 Å². The highest BCUT2D eigenvalue weighted by Gasteiger charge is 2.24. The van der Waals surface area contributed by atoms with E-state index in [9.17, 15) is 24.3 Å². The van der Waals surface area contributed by atoms with Crippen LogP contribution in [0.3, 0.4) is 0 Å². The van der Waals surface area contributed by atoms with Gasteiger partial charge >= 0.3 is 5.97 Å². The number of nitrogens with two attached hydrogens (primary N) is 1. The standard InChI is InChI=1S/C23H22Cl2N6O5/c24-15-5-2-6-16(25)20(15)22(34)31-17(23(35)36)10-28-19(32)11-29-21(33)14-4-1-3-13(9-14)7-8-18(27)30-12-26/h1-6,9,17H,7-8,10-11H2,(H2,27,30)(H,28,32)(H,29,33)(H,31,34)(H,35,36)/t17-/m0/s1. The van der Waals surface area contributed by atoms with E-state index < -0.39 is 42.8 Å². The number of benzene rings is 2. The Morgan fingerprint density at radius 2 is 1.72 bits per heavy atom. The predicted molar refractivity (Wildman–Crippen MR) is 133 cm³/mol. The summed E-state index contributed by atoms with van der Waals surface area (Å²) in [5, 5.41) is 25.0. The third-order valence-electron chi connectivity index (χ3n) is 4.76. The largest absolute Gasteiger partial charge is 0.480 e. The first-order chi connectivity index (χ1) is 17.1. The molecule has 11 nitrogen and oxygen atoms in total. The number of rotatable bonds is 11. The second-order valence-corrected chi connectivity index (χ2v) is 8.17. The number of amides is 3. The maximum atomic E-state index is 12.4. The lowest BCUT2D eigenvalue weighted by Gasteiger charge is -2.16. The lowest BCUT2D eigenvalue weighted by Crippen LogP contribution is -2.50. The van der Waals surface area contributed by atoms with Crippen LogP contribution in [0.25, 0.3) is 0 Å². The van der Waals surface area contributed by atoms with Gasteiger partial charge in [0.05, 0.1) is 22.2 Å². The highest BCUT2D eigenvalue weighted by molar-refractivity contribution is 6.39. The van der Waals surface area contributed by atoms with E-state index in [-0.39, 0.29) is 21.4 Å². The molecule has 0 saturated carbocycles. The Morgan fingerprint density at radius 3 is 2.36 bits per heavy atom. The highest BCUT2D eigenvalue weighted by atomic mass is 35.5. The SMILES string of the molecule is N#CN=C(N)CCc1cccc(C(=O)NCC(=O)NC[C@H](NC(=O)c2c(Cl)cccc2Cl)C(=O)O)c1. The van der Waals surface area contributed by atoms with Crippen LogP contribution < -0.4 is 21.7 Å². The molecule has 188 valence electrons. The molecular formula is C23H22Cl2N6O5. The Labute approximate surface area is 216 Å². The second-order valence-electron chi connectivity index (χ2n) is 7.35. The van der Waals surface area contributed by atoms with Crippen LogP contribution in [-0.2, 0) is 16.0 Å². The molecule has 0 spiro atoms. The summed E-state index contributed by atoms with van der Waals surface area (Å²) in [5.74, 6) is -3.23. The Morgan fingerprint density at radius 1 is 1.06 bits per heavy atom. The minimum absolute atomic E-state index is 0.0405. The van der Waals surface area contributed by atoms with Crippen LogP contribution in [0.1, 0.15) is 32.7 Å². The number of nitrogens with zero attached hydrogens (tertiary/aromatic N) is 2. The minimum atomic E-state index is -1.47. The van der Waals surface area contributed by atoms with Gasteiger partial charge in [0, 0.05) is 18.5 Å². The average molecular weight is 533 g/mol. The lowest BCUT2D eigenvalue weighted by atomic mass is 10.1. The van der Waals surface area contributed by atoms with Gasteiger partial charge in [0.15, 0.2) is 0 Å². The highest BCUT2D eigenvalue weighted by Crippen LogP contribution is 2.24. The van der Waals surface area contributed by atoms with Crippen molar-refractivity contribution in [2.45, 2.75) is 18.9 Å². The van der Waals surface area contributed by atoms with Crippen LogP contribution >= 0.6 is 23.2 Å². The van der Waals surface area contributed by atoms with Crippen LogP contribution in [0.5, 0.6) is 0 Å². The molecule has 0 fully saturated rings. The number of carbonyl (C=O) groups excluding carboxylic acids is 3. The molecule has 3 amide bonds. The van der Waals surface area contributed by atoms with Crippen molar-refractivity contribution in [3.8, 4) is 6.19 Å². The molecule has 6 N–H and O–H groups in total. The number of hydrogen-bond acceptors (Lipinski definition) is 6. The van der Waals surface area contributed by atoms with E-state index in [1.54, 1.807) is 30.5 Å². The van der Waals surface area contributed by atoms with Crippen LogP contribution in [0.4, 0.5) is 0 Å².